The highest BCUT2D eigenvalue weighted by molar-refractivity contribution is 6.33. The molecule has 1 saturated heterocycles. The van der Waals surface area contributed by atoms with E-state index in [9.17, 15) is 0 Å². The average Bonchev–Trinajstić information content (AvgIpc) is 2.98. The third kappa shape index (κ3) is 2.07. The summed E-state index contributed by atoms with van der Waals surface area (Å²) < 4.78 is 0. The number of anilines is 1. The largest absolute Gasteiger partial charge is 0.338 e. The Balaban J connectivity index is 1.88. The third-order valence-electron chi connectivity index (χ3n) is 3.11. The van der Waals surface area contributed by atoms with Crippen molar-refractivity contribution in [3.8, 4) is 11.4 Å². The summed E-state index contributed by atoms with van der Waals surface area (Å²) in [5, 5.41) is 7.82. The molecule has 1 aliphatic rings. The zero-order chi connectivity index (χ0) is 12.5. The number of aromatic amines is 1. The molecule has 0 bridgehead atoms. The quantitative estimate of drug-likeness (QED) is 0.865. The van der Waals surface area contributed by atoms with Gasteiger partial charge in [-0.1, -0.05) is 23.7 Å². The maximum Gasteiger partial charge on any atom is 0.245 e. The number of nitrogens with two attached hydrogens (primary N) is 1. The van der Waals surface area contributed by atoms with Crippen LogP contribution in [0.4, 0.5) is 5.95 Å². The molecule has 5 nitrogen and oxygen atoms in total. The van der Waals surface area contributed by atoms with Gasteiger partial charge in [0.05, 0.1) is 5.02 Å². The first-order valence-electron chi connectivity index (χ1n) is 5.92. The van der Waals surface area contributed by atoms with Crippen molar-refractivity contribution in [3.63, 3.8) is 0 Å². The lowest BCUT2D eigenvalue weighted by Crippen LogP contribution is -2.26. The monoisotopic (exact) mass is 263 g/mol. The van der Waals surface area contributed by atoms with E-state index >= 15 is 0 Å². The molecule has 1 aromatic heterocycles. The molecular weight excluding hydrogens is 250 g/mol. The molecule has 2 aromatic rings. The minimum atomic E-state index is 0.215. The highest BCUT2D eigenvalue weighted by atomic mass is 35.5. The van der Waals surface area contributed by atoms with E-state index in [4.69, 9.17) is 17.3 Å². The zero-order valence-corrected chi connectivity index (χ0v) is 10.6. The summed E-state index contributed by atoms with van der Waals surface area (Å²) in [5.74, 6) is 1.38. The molecule has 0 spiro atoms. The molecule has 0 radical (unpaired) electrons. The van der Waals surface area contributed by atoms with Gasteiger partial charge in [0.25, 0.3) is 0 Å². The normalized spacial score (nSPS) is 19.4. The van der Waals surface area contributed by atoms with Crippen LogP contribution in [0.25, 0.3) is 11.4 Å². The molecule has 0 amide bonds. The van der Waals surface area contributed by atoms with E-state index in [0.29, 0.717) is 16.8 Å². The van der Waals surface area contributed by atoms with Gasteiger partial charge in [-0.25, -0.2) is 0 Å². The highest BCUT2D eigenvalue weighted by Crippen LogP contribution is 2.26. The lowest BCUT2D eigenvalue weighted by molar-refractivity contribution is 0.750. The number of hydrogen-bond acceptors (Lipinski definition) is 4. The van der Waals surface area contributed by atoms with Crippen LogP contribution < -0.4 is 10.6 Å². The van der Waals surface area contributed by atoms with E-state index in [0.717, 1.165) is 25.1 Å². The topological polar surface area (TPSA) is 70.8 Å². The van der Waals surface area contributed by atoms with Crippen molar-refractivity contribution < 1.29 is 0 Å². The van der Waals surface area contributed by atoms with Crippen molar-refractivity contribution in [2.75, 3.05) is 18.0 Å². The lowest BCUT2D eigenvalue weighted by Gasteiger charge is -2.11. The van der Waals surface area contributed by atoms with Crippen LogP contribution in [-0.4, -0.2) is 34.3 Å². The van der Waals surface area contributed by atoms with Crippen molar-refractivity contribution in [3.05, 3.63) is 29.3 Å². The molecule has 3 rings (SSSR count). The van der Waals surface area contributed by atoms with E-state index in [1.807, 2.05) is 24.3 Å². The van der Waals surface area contributed by atoms with Gasteiger partial charge < -0.3 is 10.6 Å². The highest BCUT2D eigenvalue weighted by Gasteiger charge is 2.22. The Morgan fingerprint density at radius 2 is 2.22 bits per heavy atom. The molecular formula is C12H14ClN5. The van der Waals surface area contributed by atoms with Gasteiger partial charge in [-0.3, -0.25) is 5.10 Å². The van der Waals surface area contributed by atoms with Crippen LogP contribution in [0.2, 0.25) is 5.02 Å². The standard InChI is InChI=1S/C12H14ClN5/c13-10-4-2-1-3-9(10)11-15-12(17-16-11)18-6-5-8(14)7-18/h1-4,8H,5-7,14H2,(H,15,16,17). The zero-order valence-electron chi connectivity index (χ0n) is 9.81. The summed E-state index contributed by atoms with van der Waals surface area (Å²) in [6, 6.07) is 7.79. The number of rotatable bonds is 2. The van der Waals surface area contributed by atoms with Crippen molar-refractivity contribution in [1.29, 1.82) is 0 Å². The Morgan fingerprint density at radius 3 is 2.94 bits per heavy atom. The minimum Gasteiger partial charge on any atom is -0.338 e. The first-order chi connectivity index (χ1) is 8.74. The number of hydrogen-bond donors (Lipinski definition) is 2. The van der Waals surface area contributed by atoms with Gasteiger partial charge in [-0.15, -0.1) is 5.10 Å². The van der Waals surface area contributed by atoms with E-state index in [2.05, 4.69) is 20.1 Å². The Bertz CT molecular complexity index is 553. The van der Waals surface area contributed by atoms with Gasteiger partial charge in [0.1, 0.15) is 0 Å². The van der Waals surface area contributed by atoms with Gasteiger partial charge in [-0.05, 0) is 18.6 Å². The number of nitrogens with one attached hydrogen (secondary N) is 1. The lowest BCUT2D eigenvalue weighted by atomic mass is 10.2. The van der Waals surface area contributed by atoms with Gasteiger partial charge in [0, 0.05) is 24.7 Å². The van der Waals surface area contributed by atoms with Crippen LogP contribution in [0.5, 0.6) is 0 Å². The SMILES string of the molecule is NC1CCN(c2n[nH]c(-c3ccccc3Cl)n2)C1. The molecule has 18 heavy (non-hydrogen) atoms. The predicted molar refractivity (Wildman–Crippen MR) is 71.6 cm³/mol. The van der Waals surface area contributed by atoms with Crippen LogP contribution in [-0.2, 0) is 0 Å². The summed E-state index contributed by atoms with van der Waals surface area (Å²) in [6.07, 6.45) is 0.982. The van der Waals surface area contributed by atoms with Crippen molar-refractivity contribution in [1.82, 2.24) is 15.2 Å². The maximum absolute atomic E-state index is 6.13. The summed E-state index contributed by atoms with van der Waals surface area (Å²) in [7, 11) is 0. The molecule has 6 heteroatoms. The Hall–Kier alpha value is -1.59. The van der Waals surface area contributed by atoms with Gasteiger partial charge in [-0.2, -0.15) is 4.98 Å². The molecule has 1 atom stereocenters. The number of halogens is 1. The Kier molecular flexibility index (Phi) is 2.93. The number of benzene rings is 1. The van der Waals surface area contributed by atoms with E-state index < -0.39 is 0 Å². The molecule has 2 heterocycles. The van der Waals surface area contributed by atoms with Crippen LogP contribution >= 0.6 is 11.6 Å². The fraction of sp³-hybridized carbons (Fsp3) is 0.333. The van der Waals surface area contributed by atoms with Crippen LogP contribution in [0.1, 0.15) is 6.42 Å². The molecule has 1 aliphatic heterocycles. The number of nitrogens with zero attached hydrogens (tertiary/aromatic N) is 3. The number of H-pyrrole nitrogens is 1. The van der Waals surface area contributed by atoms with E-state index in [1.165, 1.54) is 0 Å². The second-order valence-electron chi connectivity index (χ2n) is 4.46. The summed E-state index contributed by atoms with van der Waals surface area (Å²) in [6.45, 7) is 1.71. The first-order valence-corrected chi connectivity index (χ1v) is 6.29. The fourth-order valence-corrected chi connectivity index (χ4v) is 2.36. The van der Waals surface area contributed by atoms with Gasteiger partial charge >= 0.3 is 0 Å². The Labute approximate surface area is 110 Å². The fourth-order valence-electron chi connectivity index (χ4n) is 2.14. The Morgan fingerprint density at radius 1 is 1.39 bits per heavy atom. The smallest absolute Gasteiger partial charge is 0.245 e. The summed E-state index contributed by atoms with van der Waals surface area (Å²) >= 11 is 6.13. The first kappa shape index (κ1) is 11.5. The number of aromatic nitrogens is 3. The summed E-state index contributed by atoms with van der Waals surface area (Å²) in [5.41, 5.74) is 6.74. The van der Waals surface area contributed by atoms with Crippen LogP contribution in [0.15, 0.2) is 24.3 Å². The van der Waals surface area contributed by atoms with Gasteiger partial charge in [0.2, 0.25) is 5.95 Å². The summed E-state index contributed by atoms with van der Waals surface area (Å²) in [4.78, 5) is 6.56. The van der Waals surface area contributed by atoms with Gasteiger partial charge in [0.15, 0.2) is 5.82 Å². The predicted octanol–water partition coefficient (Wildman–Crippen LogP) is 1.66. The van der Waals surface area contributed by atoms with Crippen LogP contribution in [0, 0.1) is 0 Å². The second-order valence-corrected chi connectivity index (χ2v) is 4.87. The maximum atomic E-state index is 6.13. The minimum absolute atomic E-state index is 0.215. The van der Waals surface area contributed by atoms with E-state index in [1.54, 1.807) is 0 Å². The second kappa shape index (κ2) is 4.59. The molecule has 1 unspecified atom stereocenters. The molecule has 1 fully saturated rings. The molecule has 3 N–H and O–H groups in total. The van der Waals surface area contributed by atoms with Crippen molar-refractivity contribution in [2.45, 2.75) is 12.5 Å². The van der Waals surface area contributed by atoms with Crippen molar-refractivity contribution in [2.24, 2.45) is 5.73 Å². The average molecular weight is 264 g/mol. The van der Waals surface area contributed by atoms with Crippen molar-refractivity contribution >= 4 is 17.5 Å². The third-order valence-corrected chi connectivity index (χ3v) is 3.44. The van der Waals surface area contributed by atoms with E-state index in [-0.39, 0.29) is 6.04 Å². The molecule has 0 aliphatic carbocycles. The molecule has 0 saturated carbocycles. The van der Waals surface area contributed by atoms with Crippen LogP contribution in [0.3, 0.4) is 0 Å². The molecule has 94 valence electrons. The molecule has 1 aromatic carbocycles.